The number of aromatic nitrogens is 2. The monoisotopic (exact) mass is 416 g/mol. The largest absolute Gasteiger partial charge is 0.362 e. The Kier molecular flexibility index (Phi) is 5.64. The molecule has 7 nitrogen and oxygen atoms in total. The van der Waals surface area contributed by atoms with Gasteiger partial charge in [0.25, 0.3) is 5.92 Å². The molecular formula is C21H26F2N6O. The molecule has 2 aliphatic rings. The van der Waals surface area contributed by atoms with E-state index < -0.39 is 18.5 Å². The Bertz CT molecular complexity index is 962. The molecule has 30 heavy (non-hydrogen) atoms. The van der Waals surface area contributed by atoms with Crippen molar-refractivity contribution in [2.75, 3.05) is 38.1 Å². The van der Waals surface area contributed by atoms with Crippen LogP contribution < -0.4 is 10.2 Å². The standard InChI is InChI=1S/C21H26F2N6O/c1-14(28-8-3-9-28)20(30)27-16-10-21(22,23)13-29(12-16)17-5-4-15(11-24-2)18-19(17)26-7-6-25-18/h4-7,11,14,16H,3,8-10,12-13H2,1-2H3,(H,27,30)/b24-11-. The van der Waals surface area contributed by atoms with Gasteiger partial charge in [0.05, 0.1) is 29.8 Å². The molecule has 0 bridgehead atoms. The molecule has 2 saturated heterocycles. The summed E-state index contributed by atoms with van der Waals surface area (Å²) in [5.74, 6) is -3.12. The van der Waals surface area contributed by atoms with Crippen molar-refractivity contribution in [3.05, 3.63) is 30.1 Å². The number of halogens is 2. The third-order valence-electron chi connectivity index (χ3n) is 5.82. The average Bonchev–Trinajstić information content (AvgIpc) is 2.65. The van der Waals surface area contributed by atoms with Crippen LogP contribution in [0.4, 0.5) is 14.5 Å². The average molecular weight is 416 g/mol. The lowest BCUT2D eigenvalue weighted by Crippen LogP contribution is -2.59. The number of nitrogens with zero attached hydrogens (tertiary/aromatic N) is 5. The summed E-state index contributed by atoms with van der Waals surface area (Å²) in [6, 6.07) is 2.64. The Balaban J connectivity index is 1.59. The topological polar surface area (TPSA) is 73.7 Å². The van der Waals surface area contributed by atoms with E-state index in [1.165, 1.54) is 0 Å². The highest BCUT2D eigenvalue weighted by molar-refractivity contribution is 6.01. The van der Waals surface area contributed by atoms with Gasteiger partial charge in [0.1, 0.15) is 5.52 Å². The molecule has 160 valence electrons. The molecule has 3 heterocycles. The van der Waals surface area contributed by atoms with E-state index in [0.717, 1.165) is 25.1 Å². The van der Waals surface area contributed by atoms with Crippen molar-refractivity contribution >= 4 is 28.8 Å². The van der Waals surface area contributed by atoms with E-state index >= 15 is 0 Å². The number of carbonyl (C=O) groups is 1. The summed E-state index contributed by atoms with van der Waals surface area (Å²) < 4.78 is 29.2. The second-order valence-corrected chi connectivity index (χ2v) is 8.03. The van der Waals surface area contributed by atoms with E-state index in [1.807, 2.05) is 17.9 Å². The molecule has 1 amide bonds. The van der Waals surface area contributed by atoms with Crippen LogP contribution >= 0.6 is 0 Å². The summed E-state index contributed by atoms with van der Waals surface area (Å²) in [4.78, 5) is 29.0. The minimum Gasteiger partial charge on any atom is -0.362 e. The van der Waals surface area contributed by atoms with Gasteiger partial charge >= 0.3 is 0 Å². The minimum atomic E-state index is -2.92. The number of amides is 1. The number of hydrogen-bond acceptors (Lipinski definition) is 6. The van der Waals surface area contributed by atoms with Gasteiger partial charge in [0.15, 0.2) is 0 Å². The zero-order chi connectivity index (χ0) is 21.3. The second kappa shape index (κ2) is 8.22. The molecule has 2 fully saturated rings. The molecule has 2 unspecified atom stereocenters. The maximum atomic E-state index is 14.6. The summed E-state index contributed by atoms with van der Waals surface area (Å²) in [5.41, 5.74) is 2.52. The Hall–Kier alpha value is -2.68. The Morgan fingerprint density at radius 1 is 1.30 bits per heavy atom. The Morgan fingerprint density at radius 2 is 2.03 bits per heavy atom. The lowest BCUT2D eigenvalue weighted by molar-refractivity contribution is -0.128. The fraction of sp³-hybridized carbons (Fsp3) is 0.524. The highest BCUT2D eigenvalue weighted by atomic mass is 19.3. The number of benzene rings is 1. The molecule has 1 aromatic heterocycles. The van der Waals surface area contributed by atoms with Crippen LogP contribution in [0, 0.1) is 0 Å². The molecule has 0 spiro atoms. The summed E-state index contributed by atoms with van der Waals surface area (Å²) in [6.07, 6.45) is 5.50. The number of fused-ring (bicyclic) bond motifs is 1. The van der Waals surface area contributed by atoms with Crippen molar-refractivity contribution in [1.29, 1.82) is 0 Å². The van der Waals surface area contributed by atoms with Crippen molar-refractivity contribution in [1.82, 2.24) is 20.2 Å². The van der Waals surface area contributed by atoms with Gasteiger partial charge in [-0.1, -0.05) is 0 Å². The summed E-state index contributed by atoms with van der Waals surface area (Å²) in [5, 5.41) is 2.84. The van der Waals surface area contributed by atoms with E-state index in [2.05, 4.69) is 20.3 Å². The quantitative estimate of drug-likeness (QED) is 0.756. The Labute approximate surface area is 174 Å². The number of nitrogens with one attached hydrogen (secondary N) is 1. The summed E-state index contributed by atoms with van der Waals surface area (Å²) in [7, 11) is 1.66. The van der Waals surface area contributed by atoms with Crippen LogP contribution in [-0.2, 0) is 4.79 Å². The van der Waals surface area contributed by atoms with Crippen LogP contribution in [0.1, 0.15) is 25.3 Å². The number of alkyl halides is 2. The number of likely N-dealkylation sites (tertiary alicyclic amines) is 1. The lowest BCUT2D eigenvalue weighted by Gasteiger charge is -2.41. The third kappa shape index (κ3) is 4.12. The molecular weight excluding hydrogens is 390 g/mol. The molecule has 0 radical (unpaired) electrons. The van der Waals surface area contributed by atoms with Crippen LogP contribution in [0.5, 0.6) is 0 Å². The van der Waals surface area contributed by atoms with Crippen molar-refractivity contribution < 1.29 is 13.6 Å². The van der Waals surface area contributed by atoms with Crippen molar-refractivity contribution in [2.45, 2.75) is 37.8 Å². The Morgan fingerprint density at radius 3 is 2.70 bits per heavy atom. The number of carbonyl (C=O) groups excluding carboxylic acids is 1. The van der Waals surface area contributed by atoms with E-state index in [1.54, 1.807) is 36.6 Å². The molecule has 0 saturated carbocycles. The zero-order valence-electron chi connectivity index (χ0n) is 17.2. The van der Waals surface area contributed by atoms with E-state index in [-0.39, 0.29) is 18.4 Å². The normalized spacial score (nSPS) is 22.8. The van der Waals surface area contributed by atoms with Crippen molar-refractivity contribution in [2.24, 2.45) is 4.99 Å². The third-order valence-corrected chi connectivity index (χ3v) is 5.82. The molecule has 1 aromatic carbocycles. The van der Waals surface area contributed by atoms with E-state index in [9.17, 15) is 13.6 Å². The molecule has 2 aliphatic heterocycles. The van der Waals surface area contributed by atoms with Gasteiger partial charge in [0.2, 0.25) is 5.91 Å². The zero-order valence-corrected chi connectivity index (χ0v) is 17.2. The van der Waals surface area contributed by atoms with Gasteiger partial charge in [-0.25, -0.2) is 8.78 Å². The smallest absolute Gasteiger partial charge is 0.267 e. The van der Waals surface area contributed by atoms with Gasteiger partial charge in [-0.2, -0.15) is 0 Å². The number of aliphatic imine (C=N–C) groups is 1. The highest BCUT2D eigenvalue weighted by Gasteiger charge is 2.42. The van der Waals surface area contributed by atoms with Crippen molar-refractivity contribution in [3.8, 4) is 0 Å². The van der Waals surface area contributed by atoms with Gasteiger partial charge in [-0.15, -0.1) is 0 Å². The molecule has 9 heteroatoms. The SMILES string of the molecule is C/N=C\c1ccc(N2CC(NC(=O)C(C)N3CCC3)CC(F)(F)C2)c2nccnc12. The van der Waals surface area contributed by atoms with E-state index in [0.29, 0.717) is 23.3 Å². The predicted molar refractivity (Wildman–Crippen MR) is 112 cm³/mol. The first-order valence-corrected chi connectivity index (χ1v) is 10.2. The highest BCUT2D eigenvalue weighted by Crippen LogP contribution is 2.34. The summed E-state index contributed by atoms with van der Waals surface area (Å²) >= 11 is 0. The van der Waals surface area contributed by atoms with E-state index in [4.69, 9.17) is 0 Å². The predicted octanol–water partition coefficient (Wildman–Crippen LogP) is 2.10. The summed E-state index contributed by atoms with van der Waals surface area (Å²) in [6.45, 7) is 3.44. The second-order valence-electron chi connectivity index (χ2n) is 8.03. The first-order valence-electron chi connectivity index (χ1n) is 10.2. The van der Waals surface area contributed by atoms with Gasteiger partial charge < -0.3 is 10.2 Å². The number of hydrogen-bond donors (Lipinski definition) is 1. The van der Waals surface area contributed by atoms with Gasteiger partial charge in [0, 0.05) is 57.3 Å². The molecule has 2 aromatic rings. The van der Waals surface area contributed by atoms with Crippen molar-refractivity contribution in [3.63, 3.8) is 0 Å². The maximum absolute atomic E-state index is 14.6. The number of piperidine rings is 1. The fourth-order valence-electron chi connectivity index (χ4n) is 4.16. The maximum Gasteiger partial charge on any atom is 0.267 e. The van der Waals surface area contributed by atoms with Gasteiger partial charge in [-0.05, 0) is 25.5 Å². The van der Waals surface area contributed by atoms with Crippen LogP contribution in [0.3, 0.4) is 0 Å². The minimum absolute atomic E-state index is 0.198. The fourth-order valence-corrected chi connectivity index (χ4v) is 4.16. The molecule has 1 N–H and O–H groups in total. The first-order chi connectivity index (χ1) is 14.4. The van der Waals surface area contributed by atoms with Crippen LogP contribution in [0.15, 0.2) is 29.5 Å². The molecule has 4 rings (SSSR count). The van der Waals surface area contributed by atoms with Crippen LogP contribution in [0.2, 0.25) is 0 Å². The molecule has 0 aliphatic carbocycles. The first kappa shape index (κ1) is 20.6. The van der Waals surface area contributed by atoms with Gasteiger partial charge in [-0.3, -0.25) is 24.7 Å². The molecule has 2 atom stereocenters. The van der Waals surface area contributed by atoms with Crippen LogP contribution in [0.25, 0.3) is 11.0 Å². The lowest BCUT2D eigenvalue weighted by atomic mass is 10.00. The van der Waals surface area contributed by atoms with Crippen LogP contribution in [-0.4, -0.2) is 78.2 Å². The number of rotatable bonds is 5. The number of anilines is 1.